The number of nitrogen functional groups attached to an aromatic ring is 1. The van der Waals surface area contributed by atoms with Crippen LogP contribution in [0.2, 0.25) is 0 Å². The van der Waals surface area contributed by atoms with Gasteiger partial charge in [0.1, 0.15) is 11.6 Å². The van der Waals surface area contributed by atoms with Gasteiger partial charge in [0.05, 0.1) is 6.54 Å². The van der Waals surface area contributed by atoms with Gasteiger partial charge in [0, 0.05) is 19.2 Å². The van der Waals surface area contributed by atoms with Gasteiger partial charge >= 0.3 is 0 Å². The molecule has 7 heteroatoms. The standard InChI is InChI=1S/C11H20N6O/c1-3-5-14-9-6-10(16-11(13)15-9)17(4-2)7-8(12)18/h6H,3-5,7H2,1-2H3,(H2,12,18)(H3,13,14,15,16). The second-order valence-corrected chi connectivity index (χ2v) is 3.88. The van der Waals surface area contributed by atoms with Crippen molar-refractivity contribution in [2.24, 2.45) is 5.73 Å². The lowest BCUT2D eigenvalue weighted by molar-refractivity contribution is -0.116. The number of carbonyl (C=O) groups excluding carboxylic acids is 1. The molecule has 5 N–H and O–H groups in total. The molecule has 0 saturated heterocycles. The summed E-state index contributed by atoms with van der Waals surface area (Å²) in [5, 5.41) is 3.13. The number of amides is 1. The molecule has 0 radical (unpaired) electrons. The Morgan fingerprint density at radius 3 is 2.72 bits per heavy atom. The number of hydrogen-bond donors (Lipinski definition) is 3. The van der Waals surface area contributed by atoms with Crippen LogP contribution in [0.3, 0.4) is 0 Å². The van der Waals surface area contributed by atoms with E-state index in [1.54, 1.807) is 11.0 Å². The predicted octanol–water partition coefficient (Wildman–Crippen LogP) is 0.192. The summed E-state index contributed by atoms with van der Waals surface area (Å²) >= 11 is 0. The number of nitrogens with two attached hydrogens (primary N) is 2. The van der Waals surface area contributed by atoms with E-state index in [4.69, 9.17) is 11.5 Å². The van der Waals surface area contributed by atoms with E-state index in [0.717, 1.165) is 13.0 Å². The first-order valence-corrected chi connectivity index (χ1v) is 5.98. The molecule has 1 rings (SSSR count). The van der Waals surface area contributed by atoms with Crippen LogP contribution in [0, 0.1) is 0 Å². The summed E-state index contributed by atoms with van der Waals surface area (Å²) in [5.74, 6) is 1.02. The van der Waals surface area contributed by atoms with Crippen molar-refractivity contribution in [1.29, 1.82) is 0 Å². The topological polar surface area (TPSA) is 110 Å². The van der Waals surface area contributed by atoms with Crippen LogP contribution in [0.15, 0.2) is 6.07 Å². The molecule has 0 aliphatic heterocycles. The van der Waals surface area contributed by atoms with Crippen molar-refractivity contribution in [3.63, 3.8) is 0 Å². The van der Waals surface area contributed by atoms with Crippen molar-refractivity contribution in [2.45, 2.75) is 20.3 Å². The van der Waals surface area contributed by atoms with Gasteiger partial charge in [0.15, 0.2) is 0 Å². The van der Waals surface area contributed by atoms with E-state index in [-0.39, 0.29) is 12.5 Å². The van der Waals surface area contributed by atoms with E-state index < -0.39 is 5.91 Å². The van der Waals surface area contributed by atoms with Crippen LogP contribution < -0.4 is 21.7 Å². The third kappa shape index (κ3) is 4.08. The van der Waals surface area contributed by atoms with Gasteiger partial charge in [-0.05, 0) is 13.3 Å². The molecule has 0 spiro atoms. The Kier molecular flexibility index (Phi) is 5.16. The third-order valence-corrected chi connectivity index (χ3v) is 2.34. The highest BCUT2D eigenvalue weighted by atomic mass is 16.1. The number of likely N-dealkylation sites (N-methyl/N-ethyl adjacent to an activating group) is 1. The molecular formula is C11H20N6O. The fraction of sp³-hybridized carbons (Fsp3) is 0.545. The molecule has 0 aromatic carbocycles. The molecule has 0 aliphatic rings. The van der Waals surface area contributed by atoms with Crippen LogP contribution >= 0.6 is 0 Å². The number of carbonyl (C=O) groups is 1. The number of nitrogens with one attached hydrogen (secondary N) is 1. The summed E-state index contributed by atoms with van der Waals surface area (Å²) in [7, 11) is 0. The minimum absolute atomic E-state index is 0.111. The Morgan fingerprint density at radius 1 is 1.44 bits per heavy atom. The average molecular weight is 252 g/mol. The normalized spacial score (nSPS) is 10.1. The Labute approximate surface area is 107 Å². The molecule has 1 heterocycles. The van der Waals surface area contributed by atoms with Crippen LogP contribution in [-0.2, 0) is 4.79 Å². The van der Waals surface area contributed by atoms with Crippen LogP contribution in [0.25, 0.3) is 0 Å². The van der Waals surface area contributed by atoms with E-state index in [9.17, 15) is 4.79 Å². The number of hydrogen-bond acceptors (Lipinski definition) is 6. The van der Waals surface area contributed by atoms with Crippen molar-refractivity contribution in [2.75, 3.05) is 35.6 Å². The smallest absolute Gasteiger partial charge is 0.236 e. The molecule has 0 bridgehead atoms. The molecule has 7 nitrogen and oxygen atoms in total. The van der Waals surface area contributed by atoms with Crippen molar-refractivity contribution < 1.29 is 4.79 Å². The number of rotatable bonds is 7. The summed E-state index contributed by atoms with van der Waals surface area (Å²) in [5.41, 5.74) is 10.8. The largest absolute Gasteiger partial charge is 0.370 e. The maximum atomic E-state index is 11.0. The molecule has 18 heavy (non-hydrogen) atoms. The van der Waals surface area contributed by atoms with Crippen molar-refractivity contribution in [1.82, 2.24) is 9.97 Å². The molecule has 0 fully saturated rings. The zero-order valence-corrected chi connectivity index (χ0v) is 10.8. The molecule has 0 unspecified atom stereocenters. The first-order valence-electron chi connectivity index (χ1n) is 5.98. The van der Waals surface area contributed by atoms with E-state index >= 15 is 0 Å². The van der Waals surface area contributed by atoms with Gasteiger partial charge < -0.3 is 21.7 Å². The third-order valence-electron chi connectivity index (χ3n) is 2.34. The Morgan fingerprint density at radius 2 is 2.17 bits per heavy atom. The van der Waals surface area contributed by atoms with E-state index in [1.807, 2.05) is 6.92 Å². The van der Waals surface area contributed by atoms with E-state index in [0.29, 0.717) is 18.2 Å². The lowest BCUT2D eigenvalue weighted by Gasteiger charge is -2.20. The molecule has 100 valence electrons. The lowest BCUT2D eigenvalue weighted by atomic mass is 10.4. The minimum atomic E-state index is -0.405. The first kappa shape index (κ1) is 14.0. The van der Waals surface area contributed by atoms with Gasteiger partial charge in [0.2, 0.25) is 11.9 Å². The van der Waals surface area contributed by atoms with Crippen LogP contribution in [0.1, 0.15) is 20.3 Å². The summed E-state index contributed by atoms with van der Waals surface area (Å²) in [6.07, 6.45) is 0.984. The zero-order chi connectivity index (χ0) is 13.5. The highest BCUT2D eigenvalue weighted by Gasteiger charge is 2.11. The SMILES string of the molecule is CCCNc1cc(N(CC)CC(N)=O)nc(N)n1. The maximum absolute atomic E-state index is 11.0. The van der Waals surface area contributed by atoms with E-state index in [2.05, 4.69) is 22.2 Å². The molecule has 0 atom stereocenters. The van der Waals surface area contributed by atoms with Gasteiger partial charge in [-0.25, -0.2) is 0 Å². The van der Waals surface area contributed by atoms with E-state index in [1.165, 1.54) is 0 Å². The highest BCUT2D eigenvalue weighted by Crippen LogP contribution is 2.16. The number of aromatic nitrogens is 2. The summed E-state index contributed by atoms with van der Waals surface area (Å²) in [6.45, 7) is 5.51. The lowest BCUT2D eigenvalue weighted by Crippen LogP contribution is -2.34. The molecule has 1 aromatic rings. The molecule has 1 aromatic heterocycles. The molecule has 0 saturated carbocycles. The fourth-order valence-electron chi connectivity index (χ4n) is 1.50. The Hall–Kier alpha value is -2.05. The number of primary amides is 1. The van der Waals surface area contributed by atoms with Crippen molar-refractivity contribution in [3.8, 4) is 0 Å². The second-order valence-electron chi connectivity index (χ2n) is 3.88. The average Bonchev–Trinajstić information content (AvgIpc) is 2.32. The Bertz CT molecular complexity index is 409. The van der Waals surface area contributed by atoms with Crippen LogP contribution in [-0.4, -0.2) is 35.5 Å². The summed E-state index contributed by atoms with van der Waals surface area (Å²) in [4.78, 5) is 20.9. The zero-order valence-electron chi connectivity index (χ0n) is 10.8. The summed E-state index contributed by atoms with van der Waals surface area (Å²) in [6, 6.07) is 1.76. The molecular weight excluding hydrogens is 232 g/mol. The molecule has 0 aliphatic carbocycles. The van der Waals surface area contributed by atoms with Crippen molar-refractivity contribution in [3.05, 3.63) is 6.07 Å². The van der Waals surface area contributed by atoms with Gasteiger partial charge in [-0.15, -0.1) is 0 Å². The van der Waals surface area contributed by atoms with Crippen molar-refractivity contribution >= 4 is 23.5 Å². The summed E-state index contributed by atoms with van der Waals surface area (Å²) < 4.78 is 0. The quantitative estimate of drug-likeness (QED) is 0.639. The van der Waals surface area contributed by atoms with Gasteiger partial charge in [-0.3, -0.25) is 4.79 Å². The molecule has 1 amide bonds. The number of anilines is 3. The van der Waals surface area contributed by atoms with Crippen LogP contribution in [0.4, 0.5) is 17.6 Å². The van der Waals surface area contributed by atoms with Gasteiger partial charge in [-0.2, -0.15) is 9.97 Å². The first-order chi connectivity index (χ1) is 8.56. The predicted molar refractivity (Wildman–Crippen MR) is 72.3 cm³/mol. The monoisotopic (exact) mass is 252 g/mol. The minimum Gasteiger partial charge on any atom is -0.370 e. The fourth-order valence-corrected chi connectivity index (χ4v) is 1.50. The van der Waals surface area contributed by atoms with Gasteiger partial charge in [-0.1, -0.05) is 6.92 Å². The Balaban J connectivity index is 2.91. The second kappa shape index (κ2) is 6.63. The van der Waals surface area contributed by atoms with Crippen LogP contribution in [0.5, 0.6) is 0 Å². The maximum Gasteiger partial charge on any atom is 0.236 e. The van der Waals surface area contributed by atoms with Gasteiger partial charge in [0.25, 0.3) is 0 Å². The number of nitrogens with zero attached hydrogens (tertiary/aromatic N) is 3. The highest BCUT2D eigenvalue weighted by molar-refractivity contribution is 5.79.